The van der Waals surface area contributed by atoms with E-state index in [-0.39, 0.29) is 5.54 Å². The fraction of sp³-hybridized carbons (Fsp3) is 0.333. The molecule has 0 bridgehead atoms. The van der Waals surface area contributed by atoms with Crippen molar-refractivity contribution in [3.05, 3.63) is 71.8 Å². The van der Waals surface area contributed by atoms with E-state index in [0.717, 1.165) is 19.6 Å². The number of alkyl halides is 2. The standard InChI is InChI=1S/C16H18N2.C2H6I/c1-3-7-14(8-4-1)16(13-17-11-12-18-16)15-9-5-2-6-10-15;1-3-2/h1-10,17-18H,11-13H2;1-2H3/q;-1/p+1. The Bertz CT molecular complexity index is 466. The zero-order valence-corrected chi connectivity index (χ0v) is 15.0. The van der Waals surface area contributed by atoms with Crippen LogP contribution < -0.4 is 31.8 Å². The van der Waals surface area contributed by atoms with E-state index in [2.05, 4.69) is 81.2 Å². The molecule has 0 spiro atoms. The van der Waals surface area contributed by atoms with E-state index >= 15 is 0 Å². The van der Waals surface area contributed by atoms with E-state index in [9.17, 15) is 0 Å². The number of benzene rings is 2. The summed E-state index contributed by atoms with van der Waals surface area (Å²) in [5.41, 5.74) is 2.67. The molecule has 3 rings (SSSR count). The Balaban J connectivity index is 0.000000497. The molecule has 114 valence electrons. The van der Waals surface area contributed by atoms with Gasteiger partial charge in [-0.3, -0.25) is 5.32 Å². The second kappa shape index (κ2) is 8.51. The van der Waals surface area contributed by atoms with Crippen molar-refractivity contribution in [1.29, 1.82) is 0 Å². The first kappa shape index (κ1) is 16.5. The fourth-order valence-corrected chi connectivity index (χ4v) is 2.83. The Morgan fingerprint density at radius 1 is 0.905 bits per heavy atom. The average molecular weight is 396 g/mol. The van der Waals surface area contributed by atoms with Crippen molar-refractivity contribution in [2.75, 3.05) is 29.5 Å². The third-order valence-corrected chi connectivity index (χ3v) is 3.76. The molecule has 1 heterocycles. The minimum atomic E-state index is -0.0409. The topological polar surface area (TPSA) is 28.6 Å². The molecule has 2 aromatic carbocycles. The number of nitrogens with two attached hydrogens (primary N) is 1. The van der Waals surface area contributed by atoms with E-state index in [1.54, 1.807) is 0 Å². The number of halogens is 1. The Labute approximate surface area is 138 Å². The van der Waals surface area contributed by atoms with Gasteiger partial charge in [-0.25, -0.2) is 0 Å². The largest absolute Gasteiger partial charge is 0.343 e. The average Bonchev–Trinajstić information content (AvgIpc) is 2.58. The summed E-state index contributed by atoms with van der Waals surface area (Å²) in [5.74, 6) is 0. The SMILES string of the molecule is C[I-]C.c1ccc(C2(c3ccccc3)C[NH2+]CCN2)cc1. The van der Waals surface area contributed by atoms with Gasteiger partial charge in [-0.15, -0.1) is 0 Å². The minimum absolute atomic E-state index is 0.0409. The van der Waals surface area contributed by atoms with Crippen LogP contribution in [0.5, 0.6) is 0 Å². The molecule has 0 aromatic heterocycles. The molecule has 2 aromatic rings. The molecule has 0 atom stereocenters. The number of nitrogens with one attached hydrogen (secondary N) is 1. The molecule has 3 heteroatoms. The van der Waals surface area contributed by atoms with Gasteiger partial charge < -0.3 is 5.32 Å². The summed E-state index contributed by atoms with van der Waals surface area (Å²) < 4.78 is 0. The molecule has 0 unspecified atom stereocenters. The zero-order valence-electron chi connectivity index (χ0n) is 12.9. The van der Waals surface area contributed by atoms with Crippen LogP contribution in [0.1, 0.15) is 11.1 Å². The van der Waals surface area contributed by atoms with E-state index < -0.39 is 0 Å². The Morgan fingerprint density at radius 3 is 1.76 bits per heavy atom. The first-order valence-corrected chi connectivity index (χ1v) is 11.7. The molecule has 0 radical (unpaired) electrons. The first-order valence-electron chi connectivity index (χ1n) is 7.35. The van der Waals surface area contributed by atoms with Crippen molar-refractivity contribution in [3.63, 3.8) is 0 Å². The van der Waals surface area contributed by atoms with E-state index in [1.165, 1.54) is 11.1 Å². The van der Waals surface area contributed by atoms with Gasteiger partial charge in [0, 0.05) is 6.54 Å². The van der Waals surface area contributed by atoms with Gasteiger partial charge in [0.15, 0.2) is 0 Å². The summed E-state index contributed by atoms with van der Waals surface area (Å²) in [5, 5.41) is 6.13. The Hall–Kier alpha value is -0.910. The summed E-state index contributed by atoms with van der Waals surface area (Å²) >= 11 is 0.590. The minimum Gasteiger partial charge on any atom is -0.343 e. The molecular formula is C18H25IN2. The smallest absolute Gasteiger partial charge is 0.119 e. The third-order valence-electron chi connectivity index (χ3n) is 3.76. The molecule has 0 saturated carbocycles. The van der Waals surface area contributed by atoms with E-state index in [0.29, 0.717) is 21.2 Å². The van der Waals surface area contributed by atoms with Gasteiger partial charge in [0.2, 0.25) is 0 Å². The molecule has 0 amide bonds. The summed E-state index contributed by atoms with van der Waals surface area (Å²) in [6.45, 7) is 3.26. The van der Waals surface area contributed by atoms with Gasteiger partial charge in [0.1, 0.15) is 12.1 Å². The number of piperazine rings is 1. The van der Waals surface area contributed by atoms with Crippen LogP contribution in [0.3, 0.4) is 0 Å². The maximum Gasteiger partial charge on any atom is 0.119 e. The molecular weight excluding hydrogens is 371 g/mol. The van der Waals surface area contributed by atoms with Crippen LogP contribution in [0, 0.1) is 0 Å². The van der Waals surface area contributed by atoms with Crippen LogP contribution >= 0.6 is 0 Å². The summed E-state index contributed by atoms with van der Waals surface area (Å²) in [7, 11) is 0. The van der Waals surface area contributed by atoms with Gasteiger partial charge in [0.25, 0.3) is 0 Å². The Kier molecular flexibility index (Phi) is 6.67. The van der Waals surface area contributed by atoms with Crippen molar-refractivity contribution >= 4 is 0 Å². The molecule has 1 aliphatic heterocycles. The molecule has 2 nitrogen and oxygen atoms in total. The van der Waals surface area contributed by atoms with Crippen LogP contribution in [0.4, 0.5) is 0 Å². The molecule has 1 aliphatic rings. The fourth-order valence-electron chi connectivity index (χ4n) is 2.83. The van der Waals surface area contributed by atoms with Crippen LogP contribution in [0.2, 0.25) is 0 Å². The van der Waals surface area contributed by atoms with Crippen molar-refractivity contribution < 1.29 is 26.5 Å². The molecule has 1 fully saturated rings. The van der Waals surface area contributed by atoms with Crippen LogP contribution in [0.25, 0.3) is 0 Å². The maximum atomic E-state index is 3.73. The summed E-state index contributed by atoms with van der Waals surface area (Å²) in [4.78, 5) is 4.47. The van der Waals surface area contributed by atoms with Gasteiger partial charge in [-0.2, -0.15) is 0 Å². The normalized spacial score (nSPS) is 16.9. The van der Waals surface area contributed by atoms with Gasteiger partial charge in [-0.05, 0) is 11.1 Å². The quantitative estimate of drug-likeness (QED) is 0.466. The van der Waals surface area contributed by atoms with Crippen molar-refractivity contribution in [1.82, 2.24) is 5.32 Å². The molecule has 21 heavy (non-hydrogen) atoms. The second-order valence-corrected chi connectivity index (χ2v) is 7.38. The predicted octanol–water partition coefficient (Wildman–Crippen LogP) is -1.57. The van der Waals surface area contributed by atoms with E-state index in [1.807, 2.05) is 0 Å². The maximum absolute atomic E-state index is 3.73. The predicted molar refractivity (Wildman–Crippen MR) is 85.2 cm³/mol. The summed E-state index contributed by atoms with van der Waals surface area (Å²) in [6, 6.07) is 21.5. The molecule has 3 N–H and O–H groups in total. The van der Waals surface area contributed by atoms with Crippen LogP contribution in [0.15, 0.2) is 60.7 Å². The summed E-state index contributed by atoms with van der Waals surface area (Å²) in [6.07, 6.45) is 0. The van der Waals surface area contributed by atoms with Gasteiger partial charge >= 0.3 is 31.1 Å². The van der Waals surface area contributed by atoms with Gasteiger partial charge in [-0.1, -0.05) is 60.7 Å². The Morgan fingerprint density at radius 2 is 1.38 bits per heavy atom. The number of rotatable bonds is 2. The third kappa shape index (κ3) is 4.05. The second-order valence-electron chi connectivity index (χ2n) is 5.22. The number of hydrogen-bond donors (Lipinski definition) is 2. The number of hydrogen-bond acceptors (Lipinski definition) is 1. The van der Waals surface area contributed by atoms with E-state index in [4.69, 9.17) is 0 Å². The van der Waals surface area contributed by atoms with Crippen LogP contribution in [-0.4, -0.2) is 29.5 Å². The molecule has 1 saturated heterocycles. The van der Waals surface area contributed by atoms with Crippen LogP contribution in [-0.2, 0) is 5.54 Å². The molecule has 0 aliphatic carbocycles. The first-order chi connectivity index (χ1) is 10.3. The van der Waals surface area contributed by atoms with Crippen molar-refractivity contribution in [2.45, 2.75) is 5.54 Å². The zero-order chi connectivity index (χ0) is 15.0. The number of quaternary nitrogens is 1. The van der Waals surface area contributed by atoms with Gasteiger partial charge in [0.05, 0.1) is 6.54 Å². The van der Waals surface area contributed by atoms with Crippen molar-refractivity contribution in [2.24, 2.45) is 0 Å². The van der Waals surface area contributed by atoms with Crippen molar-refractivity contribution in [3.8, 4) is 0 Å². The monoisotopic (exact) mass is 396 g/mol.